The van der Waals surface area contributed by atoms with Crippen molar-refractivity contribution in [2.45, 2.75) is 44.6 Å². The van der Waals surface area contributed by atoms with Crippen LogP contribution in [0, 0.1) is 0 Å². The summed E-state index contributed by atoms with van der Waals surface area (Å²) in [6.07, 6.45) is 1.72. The first-order chi connectivity index (χ1) is 8.52. The summed E-state index contributed by atoms with van der Waals surface area (Å²) in [5.41, 5.74) is -1.31. The van der Waals surface area contributed by atoms with Gasteiger partial charge in [-0.3, -0.25) is 0 Å². The maximum atomic E-state index is 12.8. The van der Waals surface area contributed by atoms with Gasteiger partial charge in [0.25, 0.3) is 6.43 Å². The minimum atomic E-state index is -2.93. The van der Waals surface area contributed by atoms with Crippen molar-refractivity contribution in [1.82, 2.24) is 9.78 Å². The van der Waals surface area contributed by atoms with Crippen LogP contribution >= 0.6 is 11.6 Å². The van der Waals surface area contributed by atoms with Crippen LogP contribution < -0.4 is 0 Å². The highest BCUT2D eigenvalue weighted by atomic mass is 35.5. The molecule has 1 aromatic heterocycles. The molecule has 0 radical (unpaired) electrons. The molecule has 0 spiro atoms. The molecule has 0 aromatic carbocycles. The van der Waals surface area contributed by atoms with E-state index in [0.29, 0.717) is 0 Å². The maximum Gasteiger partial charge on any atom is 0.341 e. The Kier molecular flexibility index (Phi) is 3.85. The average molecular weight is 279 g/mol. The van der Waals surface area contributed by atoms with Crippen LogP contribution in [0.1, 0.15) is 60.6 Å². The third kappa shape index (κ3) is 2.34. The second-order valence-electron chi connectivity index (χ2n) is 4.39. The fourth-order valence-electron chi connectivity index (χ4n) is 2.35. The molecular weight excluding hydrogens is 266 g/mol. The molecule has 1 aliphatic carbocycles. The number of aromatic carboxylic acids is 1. The second-order valence-corrected chi connectivity index (χ2v) is 4.75. The van der Waals surface area contributed by atoms with Crippen LogP contribution in [-0.4, -0.2) is 20.9 Å². The molecule has 0 saturated heterocycles. The number of rotatable bonds is 3. The summed E-state index contributed by atoms with van der Waals surface area (Å²) >= 11 is 5.89. The van der Waals surface area contributed by atoms with Gasteiger partial charge < -0.3 is 5.11 Å². The van der Waals surface area contributed by atoms with Crippen LogP contribution in [0.5, 0.6) is 0 Å². The van der Waals surface area contributed by atoms with Crippen molar-refractivity contribution in [3.8, 4) is 0 Å². The Morgan fingerprint density at radius 3 is 2.44 bits per heavy atom. The van der Waals surface area contributed by atoms with E-state index in [-0.39, 0.29) is 11.2 Å². The molecule has 1 saturated carbocycles. The molecule has 1 aromatic rings. The van der Waals surface area contributed by atoms with Crippen LogP contribution in [0.4, 0.5) is 8.78 Å². The largest absolute Gasteiger partial charge is 0.478 e. The van der Waals surface area contributed by atoms with E-state index >= 15 is 0 Å². The summed E-state index contributed by atoms with van der Waals surface area (Å²) in [5, 5.41) is 12.5. The van der Waals surface area contributed by atoms with E-state index in [9.17, 15) is 13.6 Å². The van der Waals surface area contributed by atoms with Gasteiger partial charge in [0.2, 0.25) is 0 Å². The van der Waals surface area contributed by atoms with Gasteiger partial charge in [0, 0.05) is 0 Å². The van der Waals surface area contributed by atoms with E-state index in [1.165, 1.54) is 4.68 Å². The molecule has 0 atom stereocenters. The van der Waals surface area contributed by atoms with Crippen LogP contribution in [0.3, 0.4) is 0 Å². The van der Waals surface area contributed by atoms with Gasteiger partial charge in [-0.05, 0) is 12.8 Å². The second kappa shape index (κ2) is 5.22. The lowest BCUT2D eigenvalue weighted by Gasteiger charge is -2.22. The SMILES string of the molecule is O=C(O)c1c(C(F)F)nn(C2CCCCC2)c1Cl. The van der Waals surface area contributed by atoms with E-state index in [0.717, 1.165) is 32.1 Å². The number of halogens is 3. The molecule has 7 heteroatoms. The summed E-state index contributed by atoms with van der Waals surface area (Å²) in [4.78, 5) is 11.0. The zero-order valence-electron chi connectivity index (χ0n) is 9.57. The fraction of sp³-hybridized carbons (Fsp3) is 0.636. The van der Waals surface area contributed by atoms with Gasteiger partial charge in [-0.2, -0.15) is 5.10 Å². The summed E-state index contributed by atoms with van der Waals surface area (Å²) in [6.45, 7) is 0. The minimum absolute atomic E-state index is 0.0724. The van der Waals surface area contributed by atoms with Crippen LogP contribution in [0.25, 0.3) is 0 Å². The van der Waals surface area contributed by atoms with Crippen LogP contribution in [0.15, 0.2) is 0 Å². The van der Waals surface area contributed by atoms with Crippen molar-refractivity contribution in [2.24, 2.45) is 0 Å². The molecule has 1 fully saturated rings. The highest BCUT2D eigenvalue weighted by Gasteiger charge is 2.30. The minimum Gasteiger partial charge on any atom is -0.478 e. The van der Waals surface area contributed by atoms with Crippen molar-refractivity contribution < 1.29 is 18.7 Å². The number of hydrogen-bond donors (Lipinski definition) is 1. The van der Waals surface area contributed by atoms with Gasteiger partial charge in [-0.1, -0.05) is 30.9 Å². The number of carboxylic acid groups (broad SMARTS) is 1. The van der Waals surface area contributed by atoms with Gasteiger partial charge in [0.15, 0.2) is 0 Å². The standard InChI is InChI=1S/C11H13ClF2N2O2/c12-9-7(11(17)18)8(10(13)14)15-16(9)6-4-2-1-3-5-6/h6,10H,1-5H2,(H,17,18). The molecule has 0 aliphatic heterocycles. The fourth-order valence-corrected chi connectivity index (χ4v) is 2.70. The molecule has 0 bridgehead atoms. The van der Waals surface area contributed by atoms with Gasteiger partial charge >= 0.3 is 5.97 Å². The smallest absolute Gasteiger partial charge is 0.341 e. The summed E-state index contributed by atoms with van der Waals surface area (Å²) in [6, 6.07) is -0.0724. The maximum absolute atomic E-state index is 12.8. The first-order valence-electron chi connectivity index (χ1n) is 5.81. The topological polar surface area (TPSA) is 55.1 Å². The first kappa shape index (κ1) is 13.3. The number of carbonyl (C=O) groups is 1. The Morgan fingerprint density at radius 1 is 1.39 bits per heavy atom. The van der Waals surface area contributed by atoms with E-state index in [1.54, 1.807) is 0 Å². The summed E-state index contributed by atoms with van der Waals surface area (Å²) < 4.78 is 26.8. The Labute approximate surface area is 108 Å². The molecular formula is C11H13ClF2N2O2. The number of carboxylic acids is 1. The lowest BCUT2D eigenvalue weighted by Crippen LogP contribution is -2.14. The predicted molar refractivity (Wildman–Crippen MR) is 61.3 cm³/mol. The number of hydrogen-bond acceptors (Lipinski definition) is 2. The Hall–Kier alpha value is -1.17. The highest BCUT2D eigenvalue weighted by molar-refractivity contribution is 6.32. The number of alkyl halides is 2. The van der Waals surface area contributed by atoms with Crippen molar-refractivity contribution in [3.63, 3.8) is 0 Å². The summed E-state index contributed by atoms with van der Waals surface area (Å²) in [7, 11) is 0. The Morgan fingerprint density at radius 2 is 2.00 bits per heavy atom. The van der Waals surface area contributed by atoms with E-state index in [4.69, 9.17) is 16.7 Å². The molecule has 1 N–H and O–H groups in total. The van der Waals surface area contributed by atoms with Crippen LogP contribution in [-0.2, 0) is 0 Å². The third-order valence-electron chi connectivity index (χ3n) is 3.22. The predicted octanol–water partition coefficient (Wildman–Crippen LogP) is 3.68. The number of nitrogens with zero attached hydrogens (tertiary/aromatic N) is 2. The zero-order chi connectivity index (χ0) is 13.3. The van der Waals surface area contributed by atoms with Gasteiger partial charge in [0.05, 0.1) is 6.04 Å². The monoisotopic (exact) mass is 278 g/mol. The van der Waals surface area contributed by atoms with Crippen molar-refractivity contribution in [2.75, 3.05) is 0 Å². The van der Waals surface area contributed by atoms with E-state index in [2.05, 4.69) is 5.10 Å². The molecule has 2 rings (SSSR count). The highest BCUT2D eigenvalue weighted by Crippen LogP contribution is 2.35. The molecule has 0 unspecified atom stereocenters. The van der Waals surface area contributed by atoms with E-state index in [1.807, 2.05) is 0 Å². The van der Waals surface area contributed by atoms with Crippen molar-refractivity contribution in [1.29, 1.82) is 0 Å². The molecule has 18 heavy (non-hydrogen) atoms. The molecule has 1 aliphatic rings. The summed E-state index contributed by atoms with van der Waals surface area (Å²) in [5.74, 6) is -1.46. The zero-order valence-corrected chi connectivity index (χ0v) is 10.3. The van der Waals surface area contributed by atoms with Gasteiger partial charge in [-0.25, -0.2) is 18.3 Å². The lowest BCUT2D eigenvalue weighted by atomic mass is 9.96. The van der Waals surface area contributed by atoms with Gasteiger partial charge in [0.1, 0.15) is 16.4 Å². The molecule has 1 heterocycles. The van der Waals surface area contributed by atoms with Crippen molar-refractivity contribution in [3.05, 3.63) is 16.4 Å². The molecule has 0 amide bonds. The molecule has 4 nitrogen and oxygen atoms in total. The quantitative estimate of drug-likeness (QED) is 0.917. The Bertz CT molecular complexity index is 456. The third-order valence-corrected chi connectivity index (χ3v) is 3.58. The molecule has 100 valence electrons. The van der Waals surface area contributed by atoms with Crippen molar-refractivity contribution >= 4 is 17.6 Å². The van der Waals surface area contributed by atoms with E-state index < -0.39 is 23.7 Å². The number of aromatic nitrogens is 2. The Balaban J connectivity index is 2.42. The lowest BCUT2D eigenvalue weighted by molar-refractivity contribution is 0.0684. The van der Waals surface area contributed by atoms with Crippen LogP contribution in [0.2, 0.25) is 5.15 Å². The first-order valence-corrected chi connectivity index (χ1v) is 6.19. The normalized spacial score (nSPS) is 17.3. The van der Waals surface area contributed by atoms with Gasteiger partial charge in [-0.15, -0.1) is 0 Å². The average Bonchev–Trinajstić information content (AvgIpc) is 2.68.